The summed E-state index contributed by atoms with van der Waals surface area (Å²) in [5, 5.41) is 8.35. The number of hydrogen-bond acceptors (Lipinski definition) is 5. The minimum absolute atomic E-state index is 0.330. The molecule has 158 valence electrons. The second kappa shape index (κ2) is 9.21. The second-order valence-electron chi connectivity index (χ2n) is 6.60. The van der Waals surface area contributed by atoms with Crippen LogP contribution in [0, 0.1) is 0 Å². The zero-order valence-electron chi connectivity index (χ0n) is 17.4. The Labute approximate surface area is 175 Å². The van der Waals surface area contributed by atoms with Crippen LogP contribution in [0.1, 0.15) is 25.5 Å². The lowest BCUT2D eigenvalue weighted by atomic mass is 9.94. The van der Waals surface area contributed by atoms with E-state index in [0.29, 0.717) is 40.6 Å². The Morgan fingerprint density at radius 1 is 1.07 bits per heavy atom. The van der Waals surface area contributed by atoms with Crippen molar-refractivity contribution in [1.29, 1.82) is 0 Å². The minimum atomic E-state index is -0.652. The van der Waals surface area contributed by atoms with Gasteiger partial charge in [0.25, 0.3) is 5.91 Å². The molecule has 3 N–H and O–H groups in total. The van der Waals surface area contributed by atoms with Crippen molar-refractivity contribution < 1.29 is 23.8 Å². The molecule has 0 aliphatic carbocycles. The highest BCUT2D eigenvalue weighted by atomic mass is 16.5. The highest BCUT2D eigenvalue weighted by molar-refractivity contribution is 6.06. The van der Waals surface area contributed by atoms with Gasteiger partial charge in [-0.3, -0.25) is 4.79 Å². The number of anilines is 1. The topological polar surface area (TPSA) is 97.9 Å². The van der Waals surface area contributed by atoms with Gasteiger partial charge in [-0.05, 0) is 55.8 Å². The van der Waals surface area contributed by atoms with Crippen molar-refractivity contribution in [2.24, 2.45) is 0 Å². The van der Waals surface area contributed by atoms with Gasteiger partial charge in [-0.25, -0.2) is 4.79 Å². The van der Waals surface area contributed by atoms with Crippen molar-refractivity contribution >= 4 is 17.6 Å². The predicted octanol–water partition coefficient (Wildman–Crippen LogP) is 3.37. The number of urea groups is 1. The van der Waals surface area contributed by atoms with Gasteiger partial charge in [-0.2, -0.15) is 0 Å². The molecule has 0 spiro atoms. The Morgan fingerprint density at radius 3 is 2.40 bits per heavy atom. The summed E-state index contributed by atoms with van der Waals surface area (Å²) in [5.74, 6) is 1.46. The Bertz CT molecular complexity index is 969. The molecule has 0 unspecified atom stereocenters. The van der Waals surface area contributed by atoms with E-state index < -0.39 is 6.04 Å². The van der Waals surface area contributed by atoms with Gasteiger partial charge in [-0.1, -0.05) is 6.07 Å². The van der Waals surface area contributed by atoms with Gasteiger partial charge in [0.15, 0.2) is 11.5 Å². The lowest BCUT2D eigenvalue weighted by molar-refractivity contribution is -0.113. The van der Waals surface area contributed by atoms with E-state index in [2.05, 4.69) is 16.0 Å². The van der Waals surface area contributed by atoms with E-state index in [1.807, 2.05) is 6.92 Å². The van der Waals surface area contributed by atoms with Crippen molar-refractivity contribution in [3.63, 3.8) is 0 Å². The van der Waals surface area contributed by atoms with Crippen molar-refractivity contribution in [2.45, 2.75) is 19.9 Å². The number of hydrogen-bond donors (Lipinski definition) is 3. The number of amides is 3. The highest BCUT2D eigenvalue weighted by Gasteiger charge is 2.31. The maximum Gasteiger partial charge on any atom is 0.319 e. The van der Waals surface area contributed by atoms with Crippen LogP contribution in [0.15, 0.2) is 53.7 Å². The van der Waals surface area contributed by atoms with Crippen LogP contribution < -0.4 is 30.2 Å². The van der Waals surface area contributed by atoms with Gasteiger partial charge >= 0.3 is 6.03 Å². The fraction of sp³-hybridized carbons (Fsp3) is 0.273. The quantitative estimate of drug-likeness (QED) is 0.649. The molecule has 8 heteroatoms. The van der Waals surface area contributed by atoms with E-state index >= 15 is 0 Å². The number of rotatable bonds is 7. The average Bonchev–Trinajstić information content (AvgIpc) is 2.74. The summed E-state index contributed by atoms with van der Waals surface area (Å²) < 4.78 is 16.1. The predicted molar refractivity (Wildman–Crippen MR) is 113 cm³/mol. The molecule has 1 aliphatic heterocycles. The first-order valence-electron chi connectivity index (χ1n) is 9.51. The van der Waals surface area contributed by atoms with E-state index in [1.54, 1.807) is 56.5 Å². The molecule has 2 aromatic rings. The molecule has 1 aliphatic rings. The summed E-state index contributed by atoms with van der Waals surface area (Å²) in [6.45, 7) is 4.17. The summed E-state index contributed by atoms with van der Waals surface area (Å²) in [7, 11) is 3.08. The molecule has 0 saturated heterocycles. The third kappa shape index (κ3) is 4.48. The SMILES string of the molecule is CCOc1ccc(NC(=O)C2=C(C)NC(=O)N[C@H]2c2ccc(OC)c(OC)c2)cc1. The highest BCUT2D eigenvalue weighted by Crippen LogP contribution is 2.34. The van der Waals surface area contributed by atoms with E-state index in [9.17, 15) is 9.59 Å². The third-order valence-corrected chi connectivity index (χ3v) is 4.68. The Hall–Kier alpha value is -3.68. The summed E-state index contributed by atoms with van der Waals surface area (Å²) in [6.07, 6.45) is 0. The molecule has 0 aromatic heterocycles. The molecule has 0 radical (unpaired) electrons. The average molecular weight is 411 g/mol. The minimum Gasteiger partial charge on any atom is -0.494 e. The van der Waals surface area contributed by atoms with Crippen molar-refractivity contribution in [1.82, 2.24) is 10.6 Å². The summed E-state index contributed by atoms with van der Waals surface area (Å²) >= 11 is 0. The van der Waals surface area contributed by atoms with Gasteiger partial charge in [0, 0.05) is 11.4 Å². The molecule has 0 bridgehead atoms. The second-order valence-corrected chi connectivity index (χ2v) is 6.60. The summed E-state index contributed by atoms with van der Waals surface area (Å²) in [4.78, 5) is 25.2. The van der Waals surface area contributed by atoms with Crippen LogP contribution in [0.4, 0.5) is 10.5 Å². The number of allylic oxidation sites excluding steroid dienone is 1. The fourth-order valence-electron chi connectivity index (χ4n) is 3.28. The van der Waals surface area contributed by atoms with E-state index in [1.165, 1.54) is 7.11 Å². The number of carbonyl (C=O) groups is 2. The number of carbonyl (C=O) groups excluding carboxylic acids is 2. The first-order valence-corrected chi connectivity index (χ1v) is 9.51. The number of methoxy groups -OCH3 is 2. The molecule has 0 saturated carbocycles. The smallest absolute Gasteiger partial charge is 0.319 e. The first-order chi connectivity index (χ1) is 14.5. The normalized spacial score (nSPS) is 15.7. The molecule has 30 heavy (non-hydrogen) atoms. The van der Waals surface area contributed by atoms with Gasteiger partial charge in [0.05, 0.1) is 32.4 Å². The zero-order chi connectivity index (χ0) is 21.7. The molecule has 3 rings (SSSR count). The van der Waals surface area contributed by atoms with Crippen molar-refractivity contribution in [3.05, 3.63) is 59.3 Å². The van der Waals surface area contributed by atoms with E-state index in [-0.39, 0.29) is 11.9 Å². The standard InChI is InChI=1S/C22H25N3O5/c1-5-30-16-9-7-15(8-10-16)24-21(26)19-13(2)23-22(27)25-20(19)14-6-11-17(28-3)18(12-14)29-4/h6-12,20H,5H2,1-4H3,(H,24,26)(H2,23,25,27)/t20-/m0/s1. The van der Waals surface area contributed by atoms with E-state index in [0.717, 1.165) is 5.75 Å². The molecule has 8 nitrogen and oxygen atoms in total. The van der Waals surface area contributed by atoms with Crippen LogP contribution in [-0.4, -0.2) is 32.8 Å². The molecule has 1 heterocycles. The van der Waals surface area contributed by atoms with Crippen molar-refractivity contribution in [3.8, 4) is 17.2 Å². The van der Waals surface area contributed by atoms with Crippen LogP contribution in [0.3, 0.4) is 0 Å². The fourth-order valence-corrected chi connectivity index (χ4v) is 3.28. The Balaban J connectivity index is 1.90. The maximum absolute atomic E-state index is 13.1. The Kier molecular flexibility index (Phi) is 6.46. The maximum atomic E-state index is 13.1. The van der Waals surface area contributed by atoms with E-state index in [4.69, 9.17) is 14.2 Å². The van der Waals surface area contributed by atoms with Crippen LogP contribution in [-0.2, 0) is 4.79 Å². The Morgan fingerprint density at radius 2 is 1.77 bits per heavy atom. The number of nitrogens with one attached hydrogen (secondary N) is 3. The van der Waals surface area contributed by atoms with Crippen LogP contribution in [0.25, 0.3) is 0 Å². The third-order valence-electron chi connectivity index (χ3n) is 4.68. The molecule has 1 atom stereocenters. The first kappa shape index (κ1) is 21.0. The summed E-state index contributed by atoms with van der Waals surface area (Å²) in [5.41, 5.74) is 2.18. The van der Waals surface area contributed by atoms with Gasteiger partial charge in [-0.15, -0.1) is 0 Å². The molecule has 2 aromatic carbocycles. The zero-order valence-corrected chi connectivity index (χ0v) is 17.4. The number of benzene rings is 2. The lowest BCUT2D eigenvalue weighted by Crippen LogP contribution is -2.45. The molecule has 0 fully saturated rings. The lowest BCUT2D eigenvalue weighted by Gasteiger charge is -2.29. The van der Waals surface area contributed by atoms with Crippen LogP contribution >= 0.6 is 0 Å². The van der Waals surface area contributed by atoms with Crippen LogP contribution in [0.2, 0.25) is 0 Å². The van der Waals surface area contributed by atoms with Gasteiger partial charge in [0.1, 0.15) is 5.75 Å². The largest absolute Gasteiger partial charge is 0.494 e. The van der Waals surface area contributed by atoms with Gasteiger partial charge in [0.2, 0.25) is 0 Å². The summed E-state index contributed by atoms with van der Waals surface area (Å²) in [6, 6.07) is 11.3. The van der Waals surface area contributed by atoms with Crippen LogP contribution in [0.5, 0.6) is 17.2 Å². The molecular formula is C22H25N3O5. The van der Waals surface area contributed by atoms with Gasteiger partial charge < -0.3 is 30.2 Å². The molecular weight excluding hydrogens is 386 g/mol. The number of ether oxygens (including phenoxy) is 3. The molecule has 3 amide bonds. The van der Waals surface area contributed by atoms with Crippen molar-refractivity contribution in [2.75, 3.05) is 26.1 Å². The monoisotopic (exact) mass is 411 g/mol.